The molecule has 1 amide bonds. The summed E-state index contributed by atoms with van der Waals surface area (Å²) in [5, 5.41) is 2.98. The van der Waals surface area contributed by atoms with Gasteiger partial charge < -0.3 is 11.1 Å². The molecular formula is C16H23N3O. The van der Waals surface area contributed by atoms with Gasteiger partial charge in [-0.05, 0) is 55.9 Å². The summed E-state index contributed by atoms with van der Waals surface area (Å²) in [7, 11) is 0. The van der Waals surface area contributed by atoms with Crippen molar-refractivity contribution < 1.29 is 4.79 Å². The molecule has 1 aromatic carbocycles. The molecule has 3 unspecified atom stereocenters. The van der Waals surface area contributed by atoms with Gasteiger partial charge in [-0.3, -0.25) is 9.69 Å². The van der Waals surface area contributed by atoms with Crippen LogP contribution in [0.15, 0.2) is 24.3 Å². The molecule has 1 saturated carbocycles. The van der Waals surface area contributed by atoms with Crippen LogP contribution in [0.5, 0.6) is 0 Å². The lowest BCUT2D eigenvalue weighted by Crippen LogP contribution is -2.41. The second-order valence-electron chi connectivity index (χ2n) is 6.19. The van der Waals surface area contributed by atoms with Crippen LogP contribution in [0, 0.1) is 11.8 Å². The summed E-state index contributed by atoms with van der Waals surface area (Å²) in [5.41, 5.74) is 7.17. The van der Waals surface area contributed by atoms with E-state index in [-0.39, 0.29) is 11.9 Å². The molecule has 3 rings (SSSR count). The van der Waals surface area contributed by atoms with Gasteiger partial charge in [-0.2, -0.15) is 0 Å². The number of likely N-dealkylation sites (tertiary alicyclic amines) is 1. The van der Waals surface area contributed by atoms with Crippen LogP contribution in [-0.4, -0.2) is 29.9 Å². The number of nitrogen functional groups attached to an aromatic ring is 1. The number of carbonyl (C=O) groups excluding carboxylic acids is 1. The highest BCUT2D eigenvalue weighted by atomic mass is 16.2. The first-order valence-electron chi connectivity index (χ1n) is 7.54. The summed E-state index contributed by atoms with van der Waals surface area (Å²) in [6.07, 6.45) is 4.05. The van der Waals surface area contributed by atoms with E-state index in [9.17, 15) is 4.79 Å². The van der Waals surface area contributed by atoms with Crippen molar-refractivity contribution in [2.45, 2.75) is 32.2 Å². The lowest BCUT2D eigenvalue weighted by molar-refractivity contribution is -0.120. The van der Waals surface area contributed by atoms with Gasteiger partial charge in [0.1, 0.15) is 0 Å². The molecule has 3 N–H and O–H groups in total. The average Bonchev–Trinajstić information content (AvgIpc) is 3.01. The third-order valence-electron chi connectivity index (χ3n) is 4.86. The second-order valence-corrected chi connectivity index (χ2v) is 6.19. The van der Waals surface area contributed by atoms with Crippen LogP contribution in [0.25, 0.3) is 0 Å². The highest BCUT2D eigenvalue weighted by Gasteiger charge is 2.39. The molecule has 2 fully saturated rings. The number of hydrogen-bond donors (Lipinski definition) is 2. The predicted octanol–water partition coefficient (Wildman–Crippen LogP) is 2.33. The minimum Gasteiger partial charge on any atom is -0.399 e. The van der Waals surface area contributed by atoms with Crippen LogP contribution in [-0.2, 0) is 4.79 Å². The number of carbonyl (C=O) groups is 1. The van der Waals surface area contributed by atoms with Crippen molar-refractivity contribution in [2.24, 2.45) is 11.8 Å². The summed E-state index contributed by atoms with van der Waals surface area (Å²) in [6.45, 7) is 4.18. The maximum Gasteiger partial charge on any atom is 0.241 e. The van der Waals surface area contributed by atoms with Gasteiger partial charge in [-0.1, -0.05) is 6.42 Å². The van der Waals surface area contributed by atoms with Crippen molar-refractivity contribution in [3.05, 3.63) is 24.3 Å². The Labute approximate surface area is 120 Å². The maximum absolute atomic E-state index is 12.3. The first kappa shape index (κ1) is 13.4. The van der Waals surface area contributed by atoms with E-state index in [1.165, 1.54) is 19.3 Å². The first-order valence-corrected chi connectivity index (χ1v) is 7.54. The summed E-state index contributed by atoms with van der Waals surface area (Å²) in [5.74, 6) is 1.72. The van der Waals surface area contributed by atoms with Gasteiger partial charge in [0.2, 0.25) is 5.91 Å². The van der Waals surface area contributed by atoms with Gasteiger partial charge in [0.05, 0.1) is 6.04 Å². The molecule has 1 heterocycles. The molecule has 108 valence electrons. The van der Waals surface area contributed by atoms with Crippen LogP contribution in [0.2, 0.25) is 0 Å². The smallest absolute Gasteiger partial charge is 0.241 e. The minimum atomic E-state index is -0.0573. The summed E-state index contributed by atoms with van der Waals surface area (Å²) in [4.78, 5) is 14.7. The number of fused-ring (bicyclic) bond motifs is 1. The Balaban J connectivity index is 1.58. The van der Waals surface area contributed by atoms with E-state index in [2.05, 4.69) is 10.2 Å². The van der Waals surface area contributed by atoms with E-state index >= 15 is 0 Å². The molecule has 1 saturated heterocycles. The average molecular weight is 273 g/mol. The monoisotopic (exact) mass is 273 g/mol. The lowest BCUT2D eigenvalue weighted by Gasteiger charge is -2.24. The fourth-order valence-corrected chi connectivity index (χ4v) is 3.57. The number of hydrogen-bond acceptors (Lipinski definition) is 3. The zero-order valence-corrected chi connectivity index (χ0v) is 12.0. The van der Waals surface area contributed by atoms with Crippen molar-refractivity contribution in [3.63, 3.8) is 0 Å². The molecule has 0 aromatic heterocycles. The van der Waals surface area contributed by atoms with Crippen LogP contribution in [0.1, 0.15) is 26.2 Å². The van der Waals surface area contributed by atoms with Crippen molar-refractivity contribution in [1.82, 2.24) is 4.90 Å². The third-order valence-corrected chi connectivity index (χ3v) is 4.86. The number of benzene rings is 1. The number of nitrogens with zero attached hydrogens (tertiary/aromatic N) is 1. The Morgan fingerprint density at radius 1 is 1.25 bits per heavy atom. The molecule has 20 heavy (non-hydrogen) atoms. The van der Waals surface area contributed by atoms with Crippen LogP contribution in [0.3, 0.4) is 0 Å². The highest BCUT2D eigenvalue weighted by Crippen LogP contribution is 2.38. The number of anilines is 2. The van der Waals surface area contributed by atoms with E-state index in [1.807, 2.05) is 19.1 Å². The Morgan fingerprint density at radius 2 is 1.85 bits per heavy atom. The van der Waals surface area contributed by atoms with E-state index < -0.39 is 0 Å². The first-order chi connectivity index (χ1) is 9.63. The zero-order chi connectivity index (χ0) is 14.1. The molecule has 0 radical (unpaired) electrons. The highest BCUT2D eigenvalue weighted by molar-refractivity contribution is 5.94. The maximum atomic E-state index is 12.3. The Hall–Kier alpha value is -1.55. The second kappa shape index (κ2) is 5.44. The van der Waals surface area contributed by atoms with Crippen molar-refractivity contribution >= 4 is 17.3 Å². The summed E-state index contributed by atoms with van der Waals surface area (Å²) in [6, 6.07) is 7.25. The molecule has 2 aliphatic rings. The van der Waals surface area contributed by atoms with E-state index in [0.29, 0.717) is 5.69 Å². The molecular weight excluding hydrogens is 250 g/mol. The van der Waals surface area contributed by atoms with E-state index in [1.54, 1.807) is 12.1 Å². The molecule has 1 aliphatic heterocycles. The van der Waals surface area contributed by atoms with Gasteiger partial charge in [0.15, 0.2) is 0 Å². The Kier molecular flexibility index (Phi) is 3.66. The summed E-state index contributed by atoms with van der Waals surface area (Å²) >= 11 is 0. The SMILES string of the molecule is CC(C(=O)Nc1ccc(N)cc1)N1CC2CCCC2C1. The molecule has 1 aromatic rings. The summed E-state index contributed by atoms with van der Waals surface area (Å²) < 4.78 is 0. The topological polar surface area (TPSA) is 58.4 Å². The lowest BCUT2D eigenvalue weighted by atomic mass is 10.0. The van der Waals surface area contributed by atoms with Gasteiger partial charge in [0.25, 0.3) is 0 Å². The number of amides is 1. The Bertz CT molecular complexity index is 473. The van der Waals surface area contributed by atoms with Crippen LogP contribution in [0.4, 0.5) is 11.4 Å². The molecule has 3 atom stereocenters. The van der Waals surface area contributed by atoms with E-state index in [0.717, 1.165) is 30.6 Å². The Morgan fingerprint density at radius 3 is 2.45 bits per heavy atom. The largest absolute Gasteiger partial charge is 0.399 e. The molecule has 4 heteroatoms. The fraction of sp³-hybridized carbons (Fsp3) is 0.562. The van der Waals surface area contributed by atoms with Gasteiger partial charge in [-0.15, -0.1) is 0 Å². The van der Waals surface area contributed by atoms with Gasteiger partial charge in [0, 0.05) is 24.5 Å². The normalized spacial score (nSPS) is 27.2. The van der Waals surface area contributed by atoms with Crippen LogP contribution < -0.4 is 11.1 Å². The zero-order valence-electron chi connectivity index (χ0n) is 12.0. The van der Waals surface area contributed by atoms with Crippen LogP contribution >= 0.6 is 0 Å². The van der Waals surface area contributed by atoms with Gasteiger partial charge in [-0.25, -0.2) is 0 Å². The number of rotatable bonds is 3. The molecule has 1 aliphatic carbocycles. The number of nitrogens with one attached hydrogen (secondary N) is 1. The minimum absolute atomic E-state index is 0.0573. The van der Waals surface area contributed by atoms with Crippen molar-refractivity contribution in [2.75, 3.05) is 24.1 Å². The molecule has 0 spiro atoms. The van der Waals surface area contributed by atoms with Crippen molar-refractivity contribution in [1.29, 1.82) is 0 Å². The molecule has 0 bridgehead atoms. The van der Waals surface area contributed by atoms with Gasteiger partial charge >= 0.3 is 0 Å². The molecule has 4 nitrogen and oxygen atoms in total. The quantitative estimate of drug-likeness (QED) is 0.831. The fourth-order valence-electron chi connectivity index (χ4n) is 3.57. The third kappa shape index (κ3) is 2.66. The van der Waals surface area contributed by atoms with E-state index in [4.69, 9.17) is 5.73 Å². The van der Waals surface area contributed by atoms with Crippen molar-refractivity contribution in [3.8, 4) is 0 Å². The number of nitrogens with two attached hydrogens (primary N) is 1. The standard InChI is InChI=1S/C16H23N3O/c1-11(19-9-12-3-2-4-13(12)10-19)16(20)18-15-7-5-14(17)6-8-15/h5-8,11-13H,2-4,9-10,17H2,1H3,(H,18,20). The predicted molar refractivity (Wildman–Crippen MR) is 81.4 cm³/mol.